The molecule has 2 aliphatic rings. The summed E-state index contributed by atoms with van der Waals surface area (Å²) >= 11 is 0. The lowest BCUT2D eigenvalue weighted by Gasteiger charge is -2.34. The van der Waals surface area contributed by atoms with Gasteiger partial charge in [0.15, 0.2) is 0 Å². The van der Waals surface area contributed by atoms with Crippen molar-refractivity contribution in [3.8, 4) is 0 Å². The Bertz CT molecular complexity index is 968. The van der Waals surface area contributed by atoms with Crippen molar-refractivity contribution in [2.24, 2.45) is 11.1 Å². The number of aromatic nitrogens is 1. The highest BCUT2D eigenvalue weighted by Gasteiger charge is 2.39. The van der Waals surface area contributed by atoms with E-state index < -0.39 is 5.91 Å². The molecule has 160 valence electrons. The van der Waals surface area contributed by atoms with Crippen molar-refractivity contribution in [2.45, 2.75) is 58.0 Å². The fourth-order valence-electron chi connectivity index (χ4n) is 4.55. The standard InChI is InChI=1S/C23H31N5O2/c1-23(2,3)19-12-18(26-27-19)22(30)28-10-6-8-15(13-28)20-16(21(24)29)11-14-7-4-5-9-17(14)25-20/h4-5,7,9,11,15,18-19,26-27H,6,8,10,12-13H2,1-3H3,(H2,24,29). The summed E-state index contributed by atoms with van der Waals surface area (Å²) in [6, 6.07) is 9.57. The average molecular weight is 410 g/mol. The zero-order valence-corrected chi connectivity index (χ0v) is 17.9. The van der Waals surface area contributed by atoms with Gasteiger partial charge in [-0.05, 0) is 36.8 Å². The van der Waals surface area contributed by atoms with E-state index in [-0.39, 0.29) is 29.3 Å². The summed E-state index contributed by atoms with van der Waals surface area (Å²) in [5.74, 6) is -0.357. The topological polar surface area (TPSA) is 100 Å². The van der Waals surface area contributed by atoms with E-state index >= 15 is 0 Å². The summed E-state index contributed by atoms with van der Waals surface area (Å²) in [7, 11) is 0. The number of nitrogens with two attached hydrogens (primary N) is 1. The lowest BCUT2D eigenvalue weighted by molar-refractivity contribution is -0.134. The van der Waals surface area contributed by atoms with E-state index in [9.17, 15) is 9.59 Å². The van der Waals surface area contributed by atoms with Crippen LogP contribution in [0.25, 0.3) is 10.9 Å². The van der Waals surface area contributed by atoms with Gasteiger partial charge < -0.3 is 10.6 Å². The highest BCUT2D eigenvalue weighted by molar-refractivity contribution is 5.97. The van der Waals surface area contributed by atoms with Crippen LogP contribution in [0, 0.1) is 5.41 Å². The van der Waals surface area contributed by atoms with Gasteiger partial charge in [-0.15, -0.1) is 0 Å². The first-order valence-corrected chi connectivity index (χ1v) is 10.7. The molecule has 1 aromatic carbocycles. The minimum absolute atomic E-state index is 0.00239. The Morgan fingerprint density at radius 3 is 2.67 bits per heavy atom. The number of pyridine rings is 1. The number of hydrogen-bond acceptors (Lipinski definition) is 5. The Labute approximate surface area is 177 Å². The normalized spacial score (nSPS) is 24.9. The predicted octanol–water partition coefficient (Wildman–Crippen LogP) is 2.32. The molecule has 2 aromatic rings. The molecule has 2 saturated heterocycles. The molecular formula is C23H31N5O2. The molecule has 3 heterocycles. The Morgan fingerprint density at radius 2 is 1.97 bits per heavy atom. The highest BCUT2D eigenvalue weighted by Crippen LogP contribution is 2.31. The van der Waals surface area contributed by atoms with Crippen LogP contribution in [0.4, 0.5) is 0 Å². The number of carbonyl (C=O) groups is 2. The van der Waals surface area contributed by atoms with E-state index in [1.54, 1.807) is 0 Å². The molecule has 0 spiro atoms. The second kappa shape index (κ2) is 7.96. The Hall–Kier alpha value is -2.51. The number of benzene rings is 1. The van der Waals surface area contributed by atoms with Crippen LogP contribution < -0.4 is 16.6 Å². The number of amides is 2. The summed E-state index contributed by atoms with van der Waals surface area (Å²) in [4.78, 5) is 32.0. The molecule has 2 fully saturated rings. The molecule has 3 unspecified atom stereocenters. The number of hydrazine groups is 1. The molecule has 0 aliphatic carbocycles. The summed E-state index contributed by atoms with van der Waals surface area (Å²) in [6.45, 7) is 7.81. The van der Waals surface area contributed by atoms with Crippen molar-refractivity contribution in [3.05, 3.63) is 41.6 Å². The fourth-order valence-corrected chi connectivity index (χ4v) is 4.55. The van der Waals surface area contributed by atoms with Crippen LogP contribution in [0.1, 0.15) is 62.0 Å². The highest BCUT2D eigenvalue weighted by atomic mass is 16.2. The summed E-state index contributed by atoms with van der Waals surface area (Å²) in [5, 5.41) is 0.897. The first-order chi connectivity index (χ1) is 14.2. The van der Waals surface area contributed by atoms with E-state index in [1.807, 2.05) is 35.2 Å². The number of hydrogen-bond donors (Lipinski definition) is 3. The molecule has 4 rings (SSSR count). The second-order valence-electron chi connectivity index (χ2n) is 9.60. The second-order valence-corrected chi connectivity index (χ2v) is 9.60. The number of nitrogens with one attached hydrogen (secondary N) is 2. The number of nitrogens with zero attached hydrogens (tertiary/aromatic N) is 2. The third-order valence-electron chi connectivity index (χ3n) is 6.39. The van der Waals surface area contributed by atoms with Gasteiger partial charge in [0, 0.05) is 30.4 Å². The predicted molar refractivity (Wildman–Crippen MR) is 117 cm³/mol. The van der Waals surface area contributed by atoms with Crippen molar-refractivity contribution in [3.63, 3.8) is 0 Å². The van der Waals surface area contributed by atoms with E-state index in [0.717, 1.165) is 36.7 Å². The van der Waals surface area contributed by atoms with Crippen LogP contribution in [0.2, 0.25) is 0 Å². The van der Waals surface area contributed by atoms with Crippen molar-refractivity contribution >= 4 is 22.7 Å². The van der Waals surface area contributed by atoms with Gasteiger partial charge in [0.1, 0.15) is 6.04 Å². The molecule has 0 radical (unpaired) electrons. The molecular weight excluding hydrogens is 378 g/mol. The number of para-hydroxylation sites is 1. The Balaban J connectivity index is 1.55. The van der Waals surface area contributed by atoms with Crippen molar-refractivity contribution < 1.29 is 9.59 Å². The smallest absolute Gasteiger partial charge is 0.250 e. The number of rotatable bonds is 3. The van der Waals surface area contributed by atoms with Gasteiger partial charge in [-0.3, -0.25) is 20.0 Å². The van der Waals surface area contributed by atoms with Gasteiger partial charge >= 0.3 is 0 Å². The first-order valence-electron chi connectivity index (χ1n) is 10.7. The largest absolute Gasteiger partial charge is 0.366 e. The molecule has 2 aliphatic heterocycles. The summed E-state index contributed by atoms with van der Waals surface area (Å²) < 4.78 is 0. The van der Waals surface area contributed by atoms with Gasteiger partial charge in [0.05, 0.1) is 16.8 Å². The minimum Gasteiger partial charge on any atom is -0.366 e. The maximum atomic E-state index is 13.2. The lowest BCUT2D eigenvalue weighted by atomic mass is 9.84. The zero-order valence-electron chi connectivity index (χ0n) is 17.9. The number of carbonyl (C=O) groups excluding carboxylic acids is 2. The average Bonchev–Trinajstić information content (AvgIpc) is 3.23. The molecule has 30 heavy (non-hydrogen) atoms. The SMILES string of the molecule is CC(C)(C)C1CC(C(=O)N2CCCC(c3nc4ccccc4cc3C(N)=O)C2)NN1. The van der Waals surface area contributed by atoms with E-state index in [1.165, 1.54) is 0 Å². The van der Waals surface area contributed by atoms with E-state index in [0.29, 0.717) is 17.8 Å². The van der Waals surface area contributed by atoms with Crippen molar-refractivity contribution in [2.75, 3.05) is 13.1 Å². The van der Waals surface area contributed by atoms with Crippen LogP contribution in [-0.4, -0.2) is 46.9 Å². The maximum absolute atomic E-state index is 13.2. The number of piperidine rings is 1. The Morgan fingerprint density at radius 1 is 1.20 bits per heavy atom. The third-order valence-corrected chi connectivity index (χ3v) is 6.39. The van der Waals surface area contributed by atoms with Crippen molar-refractivity contribution in [1.82, 2.24) is 20.7 Å². The van der Waals surface area contributed by atoms with Crippen molar-refractivity contribution in [1.29, 1.82) is 0 Å². The van der Waals surface area contributed by atoms with Crippen LogP contribution in [0.15, 0.2) is 30.3 Å². The van der Waals surface area contributed by atoms with Crippen LogP contribution in [0.3, 0.4) is 0 Å². The molecule has 0 bridgehead atoms. The van der Waals surface area contributed by atoms with Gasteiger partial charge in [-0.1, -0.05) is 39.0 Å². The Kier molecular flexibility index (Phi) is 5.51. The molecule has 3 atom stereocenters. The third kappa shape index (κ3) is 4.04. The number of likely N-dealkylation sites (tertiary alicyclic amines) is 1. The van der Waals surface area contributed by atoms with Gasteiger partial charge in [-0.2, -0.15) is 0 Å². The molecule has 2 amide bonds. The summed E-state index contributed by atoms with van der Waals surface area (Å²) in [5.41, 5.74) is 14.3. The fraction of sp³-hybridized carbons (Fsp3) is 0.522. The van der Waals surface area contributed by atoms with E-state index in [4.69, 9.17) is 10.7 Å². The van der Waals surface area contributed by atoms with Gasteiger partial charge in [-0.25, -0.2) is 5.43 Å². The minimum atomic E-state index is -0.471. The molecule has 0 saturated carbocycles. The molecule has 7 nitrogen and oxygen atoms in total. The first kappa shape index (κ1) is 20.8. The quantitative estimate of drug-likeness (QED) is 0.722. The molecule has 1 aromatic heterocycles. The molecule has 7 heteroatoms. The van der Waals surface area contributed by atoms with Crippen LogP contribution in [-0.2, 0) is 4.79 Å². The molecule has 4 N–H and O–H groups in total. The lowest BCUT2D eigenvalue weighted by Crippen LogP contribution is -2.49. The number of primary amides is 1. The maximum Gasteiger partial charge on any atom is 0.250 e. The number of fused-ring (bicyclic) bond motifs is 1. The zero-order chi connectivity index (χ0) is 21.5. The van der Waals surface area contributed by atoms with Gasteiger partial charge in [0.2, 0.25) is 5.91 Å². The summed E-state index contributed by atoms with van der Waals surface area (Å²) in [6.07, 6.45) is 2.53. The monoisotopic (exact) mass is 409 g/mol. The van der Waals surface area contributed by atoms with Gasteiger partial charge in [0.25, 0.3) is 5.91 Å². The van der Waals surface area contributed by atoms with Crippen LogP contribution >= 0.6 is 0 Å². The van der Waals surface area contributed by atoms with Crippen LogP contribution in [0.5, 0.6) is 0 Å². The van der Waals surface area contributed by atoms with E-state index in [2.05, 4.69) is 31.6 Å².